The van der Waals surface area contributed by atoms with Gasteiger partial charge in [0, 0.05) is 12.2 Å². The van der Waals surface area contributed by atoms with Gasteiger partial charge in [0.05, 0.1) is 28.5 Å². The van der Waals surface area contributed by atoms with Gasteiger partial charge in [-0.15, -0.1) is 0 Å². The third kappa shape index (κ3) is 6.37. The summed E-state index contributed by atoms with van der Waals surface area (Å²) in [5, 5.41) is 3.28. The Balaban J connectivity index is 1.56. The molecular weight excluding hydrogens is 459 g/mol. The van der Waals surface area contributed by atoms with Gasteiger partial charge in [0.15, 0.2) is 0 Å². The highest BCUT2D eigenvalue weighted by Gasteiger charge is 2.16. The van der Waals surface area contributed by atoms with E-state index in [1.54, 1.807) is 31.4 Å². The van der Waals surface area contributed by atoms with E-state index in [9.17, 15) is 13.2 Å². The van der Waals surface area contributed by atoms with Crippen LogP contribution in [0.5, 0.6) is 5.75 Å². The first-order valence-corrected chi connectivity index (χ1v) is 11.5. The largest absolute Gasteiger partial charge is 0.497 e. The van der Waals surface area contributed by atoms with Crippen molar-refractivity contribution in [3.63, 3.8) is 0 Å². The van der Waals surface area contributed by atoms with Crippen molar-refractivity contribution in [2.45, 2.75) is 17.9 Å². The summed E-state index contributed by atoms with van der Waals surface area (Å²) in [6, 6.07) is 18.1. The number of hydrogen-bond acceptors (Lipinski definition) is 4. The van der Waals surface area contributed by atoms with Gasteiger partial charge in [0.1, 0.15) is 5.75 Å². The van der Waals surface area contributed by atoms with E-state index in [1.165, 1.54) is 18.2 Å². The summed E-state index contributed by atoms with van der Waals surface area (Å²) in [5.74, 6) is 0.616. The van der Waals surface area contributed by atoms with Gasteiger partial charge in [-0.2, -0.15) is 0 Å². The Morgan fingerprint density at radius 3 is 2.16 bits per heavy atom. The summed E-state index contributed by atoms with van der Waals surface area (Å²) in [6.45, 7) is 0.407. The standard InChI is InChI=1S/C22H20Cl2N2O4S/c1-30-18-8-4-16(5-9-18)14-25-22(27)12-15-2-6-17(7-3-15)26-31(28,29)19-10-11-20(23)21(24)13-19/h2-11,13,26H,12,14H2,1H3,(H,25,27). The predicted molar refractivity (Wildman–Crippen MR) is 122 cm³/mol. The summed E-state index contributed by atoms with van der Waals surface area (Å²) in [6.07, 6.45) is 0.177. The number of amides is 1. The van der Waals surface area contributed by atoms with Crippen molar-refractivity contribution in [1.29, 1.82) is 0 Å². The number of carbonyl (C=O) groups is 1. The van der Waals surface area contributed by atoms with Crippen LogP contribution >= 0.6 is 23.2 Å². The maximum Gasteiger partial charge on any atom is 0.261 e. The summed E-state index contributed by atoms with van der Waals surface area (Å²) >= 11 is 11.7. The molecule has 0 saturated carbocycles. The first kappa shape index (κ1) is 22.9. The average Bonchev–Trinajstić information content (AvgIpc) is 2.75. The molecule has 0 aliphatic carbocycles. The van der Waals surface area contributed by atoms with Crippen LogP contribution < -0.4 is 14.8 Å². The SMILES string of the molecule is COc1ccc(CNC(=O)Cc2ccc(NS(=O)(=O)c3ccc(Cl)c(Cl)c3)cc2)cc1. The van der Waals surface area contributed by atoms with E-state index in [-0.39, 0.29) is 27.3 Å². The fourth-order valence-corrected chi connectivity index (χ4v) is 4.19. The highest BCUT2D eigenvalue weighted by molar-refractivity contribution is 7.92. The summed E-state index contributed by atoms with van der Waals surface area (Å²) in [7, 11) is -2.22. The van der Waals surface area contributed by atoms with E-state index in [2.05, 4.69) is 10.0 Å². The Bertz CT molecular complexity index is 1170. The average molecular weight is 479 g/mol. The lowest BCUT2D eigenvalue weighted by Crippen LogP contribution is -2.24. The molecule has 3 rings (SSSR count). The summed E-state index contributed by atoms with van der Waals surface area (Å²) in [4.78, 5) is 12.2. The Hall–Kier alpha value is -2.74. The Labute approximate surface area is 191 Å². The lowest BCUT2D eigenvalue weighted by atomic mass is 10.1. The fraction of sp³-hybridized carbons (Fsp3) is 0.136. The Kier molecular flexibility index (Phi) is 7.43. The second-order valence-corrected chi connectivity index (χ2v) is 9.18. The van der Waals surface area contributed by atoms with E-state index in [4.69, 9.17) is 27.9 Å². The summed E-state index contributed by atoms with van der Waals surface area (Å²) in [5.41, 5.74) is 2.08. The lowest BCUT2D eigenvalue weighted by molar-refractivity contribution is -0.120. The maximum atomic E-state index is 12.5. The third-order valence-electron chi connectivity index (χ3n) is 4.42. The quantitative estimate of drug-likeness (QED) is 0.492. The number of halogens is 2. The predicted octanol–water partition coefficient (Wildman–Crippen LogP) is 4.66. The van der Waals surface area contributed by atoms with Crippen molar-refractivity contribution in [3.05, 3.63) is 87.9 Å². The number of rotatable bonds is 8. The highest BCUT2D eigenvalue weighted by Crippen LogP contribution is 2.26. The van der Waals surface area contributed by atoms with Gasteiger partial charge in [-0.1, -0.05) is 47.5 Å². The zero-order valence-corrected chi connectivity index (χ0v) is 18.9. The molecule has 0 aromatic heterocycles. The number of methoxy groups -OCH3 is 1. The van der Waals surface area contributed by atoms with E-state index in [0.29, 0.717) is 12.2 Å². The smallest absolute Gasteiger partial charge is 0.261 e. The van der Waals surface area contributed by atoms with Crippen LogP contribution in [0.2, 0.25) is 10.0 Å². The molecule has 0 aliphatic rings. The highest BCUT2D eigenvalue weighted by atomic mass is 35.5. The van der Waals surface area contributed by atoms with E-state index >= 15 is 0 Å². The molecule has 162 valence electrons. The minimum absolute atomic E-state index is 0.00360. The molecule has 0 bridgehead atoms. The monoisotopic (exact) mass is 478 g/mol. The number of sulfonamides is 1. The topological polar surface area (TPSA) is 84.5 Å². The third-order valence-corrected chi connectivity index (χ3v) is 6.54. The molecule has 6 nitrogen and oxygen atoms in total. The van der Waals surface area contributed by atoms with Crippen LogP contribution in [0.4, 0.5) is 5.69 Å². The van der Waals surface area contributed by atoms with Gasteiger partial charge >= 0.3 is 0 Å². The second-order valence-electron chi connectivity index (χ2n) is 6.68. The van der Waals surface area contributed by atoms with E-state index in [1.807, 2.05) is 24.3 Å². The van der Waals surface area contributed by atoms with Crippen LogP contribution in [0.3, 0.4) is 0 Å². The van der Waals surface area contributed by atoms with Crippen molar-refractivity contribution in [2.24, 2.45) is 0 Å². The summed E-state index contributed by atoms with van der Waals surface area (Å²) < 4.78 is 32.6. The van der Waals surface area contributed by atoms with Gasteiger partial charge in [-0.05, 0) is 53.6 Å². The number of nitrogens with one attached hydrogen (secondary N) is 2. The number of carbonyl (C=O) groups excluding carboxylic acids is 1. The normalized spacial score (nSPS) is 11.1. The van der Waals surface area contributed by atoms with E-state index < -0.39 is 10.0 Å². The second kappa shape index (κ2) is 10.0. The molecule has 1 amide bonds. The molecule has 0 radical (unpaired) electrons. The number of anilines is 1. The van der Waals surface area contributed by atoms with Gasteiger partial charge in [-0.25, -0.2) is 8.42 Å². The zero-order valence-electron chi connectivity index (χ0n) is 16.6. The first-order valence-electron chi connectivity index (χ1n) is 9.23. The first-order chi connectivity index (χ1) is 14.8. The van der Waals surface area contributed by atoms with Crippen LogP contribution in [0.1, 0.15) is 11.1 Å². The van der Waals surface area contributed by atoms with Crippen LogP contribution in [0, 0.1) is 0 Å². The van der Waals surface area contributed by atoms with Crippen molar-refractivity contribution < 1.29 is 17.9 Å². The maximum absolute atomic E-state index is 12.5. The van der Waals surface area contributed by atoms with Crippen molar-refractivity contribution >= 4 is 44.8 Å². The minimum Gasteiger partial charge on any atom is -0.497 e. The molecule has 2 N–H and O–H groups in total. The van der Waals surface area contributed by atoms with Gasteiger partial charge < -0.3 is 10.1 Å². The Morgan fingerprint density at radius 1 is 0.903 bits per heavy atom. The molecule has 0 unspecified atom stereocenters. The van der Waals surface area contributed by atoms with Crippen LogP contribution in [0.15, 0.2) is 71.6 Å². The van der Waals surface area contributed by atoms with Crippen LogP contribution in [-0.4, -0.2) is 21.4 Å². The van der Waals surface area contributed by atoms with Crippen molar-refractivity contribution in [3.8, 4) is 5.75 Å². The molecule has 0 heterocycles. The number of ether oxygens (including phenoxy) is 1. The molecule has 3 aromatic rings. The van der Waals surface area contributed by atoms with Gasteiger partial charge in [0.2, 0.25) is 5.91 Å². The molecule has 31 heavy (non-hydrogen) atoms. The zero-order chi connectivity index (χ0) is 22.4. The van der Waals surface area contributed by atoms with Crippen molar-refractivity contribution in [1.82, 2.24) is 5.32 Å². The van der Waals surface area contributed by atoms with Crippen LogP contribution in [0.25, 0.3) is 0 Å². The molecule has 0 saturated heterocycles. The lowest BCUT2D eigenvalue weighted by Gasteiger charge is -2.10. The molecule has 3 aromatic carbocycles. The molecule has 9 heteroatoms. The van der Waals surface area contributed by atoms with Crippen molar-refractivity contribution in [2.75, 3.05) is 11.8 Å². The minimum atomic E-state index is -3.81. The van der Waals surface area contributed by atoms with E-state index in [0.717, 1.165) is 16.9 Å². The molecule has 0 spiro atoms. The number of benzene rings is 3. The molecule has 0 atom stereocenters. The van der Waals surface area contributed by atoms with Gasteiger partial charge in [0.25, 0.3) is 10.0 Å². The Morgan fingerprint density at radius 2 is 1.55 bits per heavy atom. The molecule has 0 fully saturated rings. The van der Waals surface area contributed by atoms with Crippen LogP contribution in [-0.2, 0) is 27.8 Å². The molecular formula is C22H20Cl2N2O4S. The number of hydrogen-bond donors (Lipinski definition) is 2. The molecule has 0 aliphatic heterocycles. The van der Waals surface area contributed by atoms with Gasteiger partial charge in [-0.3, -0.25) is 9.52 Å². The fourth-order valence-electron chi connectivity index (χ4n) is 2.74.